The molecule has 0 saturated heterocycles. The number of benzene rings is 2. The summed E-state index contributed by atoms with van der Waals surface area (Å²) in [5, 5.41) is 3.66. The summed E-state index contributed by atoms with van der Waals surface area (Å²) >= 11 is 3.40. The Morgan fingerprint density at radius 2 is 1.86 bits per heavy atom. The molecule has 21 heavy (non-hydrogen) atoms. The van der Waals surface area contributed by atoms with Gasteiger partial charge in [-0.15, -0.1) is 0 Å². The Bertz CT molecular complexity index is 818. The number of fused-ring (bicyclic) bond motifs is 1. The van der Waals surface area contributed by atoms with Crippen molar-refractivity contribution >= 4 is 38.4 Å². The number of pyridine rings is 1. The Hall–Kier alpha value is -2.27. The van der Waals surface area contributed by atoms with Crippen LogP contribution in [0, 0.1) is 5.82 Å². The molecule has 3 aromatic rings. The summed E-state index contributed by atoms with van der Waals surface area (Å²) in [4.78, 5) is 16.4. The maximum Gasteiger partial charge on any atom is 0.255 e. The molecule has 0 radical (unpaired) electrons. The second-order valence-corrected chi connectivity index (χ2v) is 5.40. The van der Waals surface area contributed by atoms with Crippen molar-refractivity contribution < 1.29 is 9.18 Å². The molecule has 0 saturated carbocycles. The van der Waals surface area contributed by atoms with Crippen LogP contribution in [0.25, 0.3) is 10.9 Å². The topological polar surface area (TPSA) is 42.0 Å². The highest BCUT2D eigenvalue weighted by molar-refractivity contribution is 9.10. The SMILES string of the molecule is O=C(Nc1ccnc2ccc(Br)cc12)c1ccc(F)cc1. The number of aromatic nitrogens is 1. The second-order valence-electron chi connectivity index (χ2n) is 4.48. The number of carbonyl (C=O) groups is 1. The molecule has 3 rings (SSSR count). The van der Waals surface area contributed by atoms with Gasteiger partial charge < -0.3 is 5.32 Å². The molecule has 1 amide bonds. The fourth-order valence-electron chi connectivity index (χ4n) is 2.02. The van der Waals surface area contributed by atoms with Gasteiger partial charge in [-0.05, 0) is 48.5 Å². The van der Waals surface area contributed by atoms with Gasteiger partial charge in [0.15, 0.2) is 0 Å². The van der Waals surface area contributed by atoms with Gasteiger partial charge in [-0.3, -0.25) is 9.78 Å². The van der Waals surface area contributed by atoms with Gasteiger partial charge in [0.25, 0.3) is 5.91 Å². The van der Waals surface area contributed by atoms with E-state index in [1.165, 1.54) is 24.3 Å². The van der Waals surface area contributed by atoms with E-state index < -0.39 is 0 Å². The predicted molar refractivity (Wildman–Crippen MR) is 83.8 cm³/mol. The molecule has 104 valence electrons. The van der Waals surface area contributed by atoms with Crippen LogP contribution in [0.5, 0.6) is 0 Å². The molecule has 0 atom stereocenters. The molecule has 0 unspecified atom stereocenters. The van der Waals surface area contributed by atoms with Gasteiger partial charge in [0.1, 0.15) is 5.82 Å². The van der Waals surface area contributed by atoms with E-state index in [0.29, 0.717) is 11.3 Å². The van der Waals surface area contributed by atoms with Gasteiger partial charge in [0.2, 0.25) is 0 Å². The van der Waals surface area contributed by atoms with Crippen molar-refractivity contribution in [2.75, 3.05) is 5.32 Å². The van der Waals surface area contributed by atoms with Gasteiger partial charge in [0.05, 0.1) is 11.2 Å². The molecular formula is C16H10BrFN2O. The molecule has 0 spiro atoms. The van der Waals surface area contributed by atoms with Gasteiger partial charge in [-0.1, -0.05) is 15.9 Å². The van der Waals surface area contributed by atoms with Crippen LogP contribution < -0.4 is 5.32 Å². The lowest BCUT2D eigenvalue weighted by Gasteiger charge is -2.08. The van der Waals surface area contributed by atoms with Crippen molar-refractivity contribution in [3.05, 3.63) is 70.6 Å². The van der Waals surface area contributed by atoms with Crippen molar-refractivity contribution in [2.24, 2.45) is 0 Å². The van der Waals surface area contributed by atoms with Crippen molar-refractivity contribution in [1.29, 1.82) is 0 Å². The molecule has 0 aliphatic carbocycles. The van der Waals surface area contributed by atoms with E-state index in [1.807, 2.05) is 18.2 Å². The maximum absolute atomic E-state index is 12.9. The first-order valence-electron chi connectivity index (χ1n) is 6.25. The van der Waals surface area contributed by atoms with E-state index in [1.54, 1.807) is 12.3 Å². The summed E-state index contributed by atoms with van der Waals surface area (Å²) in [7, 11) is 0. The van der Waals surface area contributed by atoms with Crippen LogP contribution in [0.1, 0.15) is 10.4 Å². The zero-order valence-corrected chi connectivity index (χ0v) is 12.4. The summed E-state index contributed by atoms with van der Waals surface area (Å²) in [5.74, 6) is -0.660. The number of nitrogens with one attached hydrogen (secondary N) is 1. The van der Waals surface area contributed by atoms with Gasteiger partial charge in [-0.2, -0.15) is 0 Å². The van der Waals surface area contributed by atoms with Gasteiger partial charge >= 0.3 is 0 Å². The summed E-state index contributed by atoms with van der Waals surface area (Å²) in [6.07, 6.45) is 1.64. The minimum absolute atomic E-state index is 0.289. The third-order valence-electron chi connectivity index (χ3n) is 3.06. The Morgan fingerprint density at radius 3 is 2.62 bits per heavy atom. The van der Waals surface area contributed by atoms with E-state index in [9.17, 15) is 9.18 Å². The molecule has 1 aromatic heterocycles. The molecule has 1 N–H and O–H groups in total. The molecule has 1 heterocycles. The Labute approximate surface area is 128 Å². The quantitative estimate of drug-likeness (QED) is 0.749. The highest BCUT2D eigenvalue weighted by Crippen LogP contribution is 2.25. The lowest BCUT2D eigenvalue weighted by Crippen LogP contribution is -2.12. The van der Waals surface area contributed by atoms with E-state index >= 15 is 0 Å². The molecule has 0 aliphatic heterocycles. The lowest BCUT2D eigenvalue weighted by molar-refractivity contribution is 0.102. The van der Waals surface area contributed by atoms with Crippen molar-refractivity contribution in [1.82, 2.24) is 4.98 Å². The number of carbonyl (C=O) groups excluding carboxylic acids is 1. The van der Waals surface area contributed by atoms with Crippen molar-refractivity contribution in [3.8, 4) is 0 Å². The molecule has 2 aromatic carbocycles. The Morgan fingerprint density at radius 1 is 1.10 bits per heavy atom. The third-order valence-corrected chi connectivity index (χ3v) is 3.55. The normalized spacial score (nSPS) is 10.6. The Balaban J connectivity index is 1.96. The number of anilines is 1. The van der Waals surface area contributed by atoms with Crippen LogP contribution in [0.4, 0.5) is 10.1 Å². The largest absolute Gasteiger partial charge is 0.321 e. The summed E-state index contributed by atoms with van der Waals surface area (Å²) in [5.41, 5.74) is 1.85. The first-order valence-corrected chi connectivity index (χ1v) is 7.04. The minimum Gasteiger partial charge on any atom is -0.321 e. The fraction of sp³-hybridized carbons (Fsp3) is 0. The lowest BCUT2D eigenvalue weighted by atomic mass is 10.1. The Kier molecular flexibility index (Phi) is 3.66. The van der Waals surface area contributed by atoms with E-state index in [2.05, 4.69) is 26.2 Å². The van der Waals surface area contributed by atoms with Crippen LogP contribution in [0.15, 0.2) is 59.2 Å². The van der Waals surface area contributed by atoms with Gasteiger partial charge in [0, 0.05) is 21.6 Å². The van der Waals surface area contributed by atoms with Crippen LogP contribution in [0.3, 0.4) is 0 Å². The smallest absolute Gasteiger partial charge is 0.255 e. The highest BCUT2D eigenvalue weighted by Gasteiger charge is 2.09. The summed E-state index contributed by atoms with van der Waals surface area (Å²) in [6.45, 7) is 0. The van der Waals surface area contributed by atoms with Crippen molar-refractivity contribution in [3.63, 3.8) is 0 Å². The number of hydrogen-bond acceptors (Lipinski definition) is 2. The van der Waals surface area contributed by atoms with Crippen LogP contribution in [-0.4, -0.2) is 10.9 Å². The maximum atomic E-state index is 12.9. The third kappa shape index (κ3) is 2.92. The van der Waals surface area contributed by atoms with E-state index in [-0.39, 0.29) is 11.7 Å². The average molecular weight is 345 g/mol. The highest BCUT2D eigenvalue weighted by atomic mass is 79.9. The average Bonchev–Trinajstić information content (AvgIpc) is 2.48. The van der Waals surface area contributed by atoms with Crippen LogP contribution in [-0.2, 0) is 0 Å². The summed E-state index contributed by atoms with van der Waals surface area (Å²) in [6, 6.07) is 12.8. The number of rotatable bonds is 2. The molecule has 5 heteroatoms. The summed E-state index contributed by atoms with van der Waals surface area (Å²) < 4.78 is 13.8. The first kappa shape index (κ1) is 13.7. The number of nitrogens with zero attached hydrogens (tertiary/aromatic N) is 1. The predicted octanol–water partition coefficient (Wildman–Crippen LogP) is 4.39. The second kappa shape index (κ2) is 5.61. The molecular weight excluding hydrogens is 335 g/mol. The first-order chi connectivity index (χ1) is 10.1. The fourth-order valence-corrected chi connectivity index (χ4v) is 2.38. The van der Waals surface area contributed by atoms with Crippen LogP contribution in [0.2, 0.25) is 0 Å². The molecule has 3 nitrogen and oxygen atoms in total. The van der Waals surface area contributed by atoms with E-state index in [0.717, 1.165) is 15.4 Å². The molecule has 0 aliphatic rings. The number of amides is 1. The molecule has 0 fully saturated rings. The molecule has 0 bridgehead atoms. The van der Waals surface area contributed by atoms with Crippen LogP contribution >= 0.6 is 15.9 Å². The zero-order chi connectivity index (χ0) is 14.8. The standard InChI is InChI=1S/C16H10BrFN2O/c17-11-3-6-14-13(9-11)15(7-8-19-14)20-16(21)10-1-4-12(18)5-2-10/h1-9H,(H,19,20,21). The van der Waals surface area contributed by atoms with Crippen molar-refractivity contribution in [2.45, 2.75) is 0 Å². The minimum atomic E-state index is -0.371. The zero-order valence-electron chi connectivity index (χ0n) is 10.8. The van der Waals surface area contributed by atoms with E-state index in [4.69, 9.17) is 0 Å². The van der Waals surface area contributed by atoms with Gasteiger partial charge in [-0.25, -0.2) is 4.39 Å². The number of halogens is 2. The number of hydrogen-bond donors (Lipinski definition) is 1. The monoisotopic (exact) mass is 344 g/mol.